The first-order valence-corrected chi connectivity index (χ1v) is 9.47. The lowest BCUT2D eigenvalue weighted by atomic mass is 10.1. The molecule has 1 aromatic carbocycles. The van der Waals surface area contributed by atoms with Crippen molar-refractivity contribution in [3.8, 4) is 5.88 Å². The molecule has 0 saturated heterocycles. The number of guanidine groups is 1. The summed E-state index contributed by atoms with van der Waals surface area (Å²) < 4.78 is 5.75. The summed E-state index contributed by atoms with van der Waals surface area (Å²) in [5.74, 6) is 2.26. The van der Waals surface area contributed by atoms with Crippen LogP contribution in [-0.4, -0.2) is 30.6 Å². The molecule has 6 heteroatoms. The Hall–Kier alpha value is -1.83. The molecule has 0 radical (unpaired) electrons. The van der Waals surface area contributed by atoms with Crippen LogP contribution in [0.1, 0.15) is 30.9 Å². The van der Waals surface area contributed by atoms with E-state index in [1.807, 2.05) is 18.2 Å². The summed E-state index contributed by atoms with van der Waals surface area (Å²) >= 11 is 0. The van der Waals surface area contributed by atoms with Crippen LogP contribution in [0.3, 0.4) is 0 Å². The van der Waals surface area contributed by atoms with E-state index in [1.165, 1.54) is 18.4 Å². The third-order valence-corrected chi connectivity index (χ3v) is 4.28. The Bertz CT molecular complexity index is 704. The molecular weight excluding hydrogens is 451 g/mol. The normalized spacial score (nSPS) is 13.6. The molecule has 0 unspecified atom stereocenters. The van der Waals surface area contributed by atoms with E-state index in [9.17, 15) is 0 Å². The van der Waals surface area contributed by atoms with Crippen LogP contribution in [0.25, 0.3) is 0 Å². The Morgan fingerprint density at radius 1 is 1.15 bits per heavy atom. The molecule has 0 spiro atoms. The van der Waals surface area contributed by atoms with Crippen LogP contribution in [0.4, 0.5) is 0 Å². The van der Waals surface area contributed by atoms with Crippen LogP contribution < -0.4 is 15.4 Å². The first-order valence-electron chi connectivity index (χ1n) is 9.47. The summed E-state index contributed by atoms with van der Waals surface area (Å²) in [5, 5.41) is 6.69. The molecule has 5 nitrogen and oxygen atoms in total. The maximum atomic E-state index is 5.75. The number of rotatable bonds is 9. The molecule has 0 amide bonds. The van der Waals surface area contributed by atoms with E-state index in [0.29, 0.717) is 12.4 Å². The van der Waals surface area contributed by atoms with E-state index < -0.39 is 0 Å². The van der Waals surface area contributed by atoms with E-state index in [2.05, 4.69) is 51.8 Å². The van der Waals surface area contributed by atoms with Crippen molar-refractivity contribution in [3.05, 3.63) is 59.8 Å². The van der Waals surface area contributed by atoms with Gasteiger partial charge in [0, 0.05) is 25.4 Å². The van der Waals surface area contributed by atoms with Gasteiger partial charge in [0.05, 0.1) is 13.2 Å². The van der Waals surface area contributed by atoms with Crippen molar-refractivity contribution in [2.24, 2.45) is 10.9 Å². The fourth-order valence-corrected chi connectivity index (χ4v) is 2.60. The highest BCUT2D eigenvalue weighted by molar-refractivity contribution is 14.0. The molecule has 1 aromatic heterocycles. The topological polar surface area (TPSA) is 58.5 Å². The van der Waals surface area contributed by atoms with Crippen molar-refractivity contribution in [1.82, 2.24) is 15.6 Å². The van der Waals surface area contributed by atoms with Gasteiger partial charge in [-0.3, -0.25) is 0 Å². The van der Waals surface area contributed by atoms with Crippen LogP contribution in [0, 0.1) is 5.92 Å². The number of nitrogens with zero attached hydrogens (tertiary/aromatic N) is 2. The summed E-state index contributed by atoms with van der Waals surface area (Å²) in [6, 6.07) is 14.4. The largest absolute Gasteiger partial charge is 0.477 e. The number of pyridine rings is 1. The van der Waals surface area contributed by atoms with Gasteiger partial charge in [-0.2, -0.15) is 0 Å². The van der Waals surface area contributed by atoms with Gasteiger partial charge in [-0.25, -0.2) is 9.98 Å². The lowest BCUT2D eigenvalue weighted by Gasteiger charge is -2.11. The number of nitrogens with one attached hydrogen (secondary N) is 2. The van der Waals surface area contributed by atoms with Crippen LogP contribution in [0.2, 0.25) is 0 Å². The second-order valence-electron chi connectivity index (χ2n) is 6.61. The third kappa shape index (κ3) is 8.15. The SMILES string of the molecule is CCNC(=NCc1ccnc(OCC2CC2)c1)NCCc1ccccc1.I. The van der Waals surface area contributed by atoms with Gasteiger partial charge in [0.25, 0.3) is 0 Å². The van der Waals surface area contributed by atoms with Gasteiger partial charge in [0.2, 0.25) is 5.88 Å². The molecule has 27 heavy (non-hydrogen) atoms. The smallest absolute Gasteiger partial charge is 0.213 e. The van der Waals surface area contributed by atoms with E-state index in [1.54, 1.807) is 6.20 Å². The van der Waals surface area contributed by atoms with Gasteiger partial charge in [-0.05, 0) is 49.3 Å². The second kappa shape index (κ2) is 11.8. The number of aliphatic imine (C=N–C) groups is 1. The minimum absolute atomic E-state index is 0. The Labute approximate surface area is 179 Å². The number of hydrogen-bond acceptors (Lipinski definition) is 3. The highest BCUT2D eigenvalue weighted by Gasteiger charge is 2.22. The molecule has 1 aliphatic rings. The van der Waals surface area contributed by atoms with Gasteiger partial charge in [-0.15, -0.1) is 24.0 Å². The fourth-order valence-electron chi connectivity index (χ4n) is 2.60. The summed E-state index contributed by atoms with van der Waals surface area (Å²) in [4.78, 5) is 8.96. The van der Waals surface area contributed by atoms with E-state index in [0.717, 1.165) is 43.6 Å². The summed E-state index contributed by atoms with van der Waals surface area (Å²) in [7, 11) is 0. The maximum Gasteiger partial charge on any atom is 0.213 e. The molecule has 3 rings (SSSR count). The van der Waals surface area contributed by atoms with Crippen molar-refractivity contribution < 1.29 is 4.74 Å². The lowest BCUT2D eigenvalue weighted by molar-refractivity contribution is 0.288. The van der Waals surface area contributed by atoms with Crippen molar-refractivity contribution in [1.29, 1.82) is 0 Å². The average molecular weight is 480 g/mol. The first kappa shape index (κ1) is 21.5. The van der Waals surface area contributed by atoms with Gasteiger partial charge >= 0.3 is 0 Å². The minimum atomic E-state index is 0. The molecule has 0 bridgehead atoms. The summed E-state index contributed by atoms with van der Waals surface area (Å²) in [6.07, 6.45) is 5.33. The Morgan fingerprint density at radius 3 is 2.70 bits per heavy atom. The molecule has 1 fully saturated rings. The Kier molecular flexibility index (Phi) is 9.38. The van der Waals surface area contributed by atoms with Crippen LogP contribution in [0.5, 0.6) is 5.88 Å². The number of halogens is 1. The molecular formula is C21H29IN4O. The molecule has 1 aliphatic carbocycles. The quantitative estimate of drug-likeness (QED) is 0.326. The number of benzene rings is 1. The molecule has 146 valence electrons. The molecule has 0 aliphatic heterocycles. The van der Waals surface area contributed by atoms with Gasteiger partial charge in [0.1, 0.15) is 0 Å². The van der Waals surface area contributed by atoms with Crippen molar-refractivity contribution >= 4 is 29.9 Å². The maximum absolute atomic E-state index is 5.75. The Balaban J connectivity index is 0.00000261. The Morgan fingerprint density at radius 2 is 1.96 bits per heavy atom. The summed E-state index contributed by atoms with van der Waals surface area (Å²) in [6.45, 7) is 5.14. The van der Waals surface area contributed by atoms with Crippen LogP contribution in [-0.2, 0) is 13.0 Å². The zero-order valence-corrected chi connectivity index (χ0v) is 18.2. The van der Waals surface area contributed by atoms with Gasteiger partial charge in [-0.1, -0.05) is 30.3 Å². The lowest BCUT2D eigenvalue weighted by Crippen LogP contribution is -2.38. The zero-order valence-electron chi connectivity index (χ0n) is 15.9. The van der Waals surface area contributed by atoms with E-state index in [-0.39, 0.29) is 24.0 Å². The van der Waals surface area contributed by atoms with Crippen LogP contribution in [0.15, 0.2) is 53.7 Å². The molecule has 1 heterocycles. The van der Waals surface area contributed by atoms with Gasteiger partial charge in [0.15, 0.2) is 5.96 Å². The number of ether oxygens (including phenoxy) is 1. The number of aromatic nitrogens is 1. The van der Waals surface area contributed by atoms with E-state index >= 15 is 0 Å². The molecule has 2 N–H and O–H groups in total. The van der Waals surface area contributed by atoms with E-state index in [4.69, 9.17) is 4.74 Å². The highest BCUT2D eigenvalue weighted by atomic mass is 127. The van der Waals surface area contributed by atoms with Crippen molar-refractivity contribution in [2.75, 3.05) is 19.7 Å². The van der Waals surface area contributed by atoms with Crippen molar-refractivity contribution in [3.63, 3.8) is 0 Å². The molecule has 0 atom stereocenters. The van der Waals surface area contributed by atoms with Gasteiger partial charge < -0.3 is 15.4 Å². The fraction of sp³-hybridized carbons (Fsp3) is 0.429. The standard InChI is InChI=1S/C21H28N4O.HI/c1-2-22-21(24-13-10-17-6-4-3-5-7-17)25-15-19-11-12-23-20(14-19)26-16-18-8-9-18;/h3-7,11-12,14,18H,2,8-10,13,15-16H2,1H3,(H2,22,24,25);1H. The second-order valence-corrected chi connectivity index (χ2v) is 6.61. The summed E-state index contributed by atoms with van der Waals surface area (Å²) in [5.41, 5.74) is 2.42. The highest BCUT2D eigenvalue weighted by Crippen LogP contribution is 2.29. The first-order chi connectivity index (χ1) is 12.8. The van der Waals surface area contributed by atoms with Crippen molar-refractivity contribution in [2.45, 2.75) is 32.7 Å². The van der Waals surface area contributed by atoms with Crippen LogP contribution >= 0.6 is 24.0 Å². The molecule has 1 saturated carbocycles. The average Bonchev–Trinajstić information content (AvgIpc) is 3.50. The predicted octanol–water partition coefficient (Wildman–Crippen LogP) is 3.79. The molecule has 2 aromatic rings. The third-order valence-electron chi connectivity index (χ3n) is 4.28. The minimum Gasteiger partial charge on any atom is -0.477 e. The number of hydrogen-bond donors (Lipinski definition) is 2. The predicted molar refractivity (Wildman–Crippen MR) is 121 cm³/mol. The zero-order chi connectivity index (χ0) is 18.0. The monoisotopic (exact) mass is 480 g/mol.